The molecule has 0 aliphatic rings. The molecule has 1 rings (SSSR count). The number of carbonyl (C=O) groups excluding carboxylic acids is 1. The average Bonchev–Trinajstić information content (AvgIpc) is 2.24. The first-order valence-electron chi connectivity index (χ1n) is 6.11. The van der Waals surface area contributed by atoms with Gasteiger partial charge < -0.3 is 15.4 Å². The molecule has 6 heteroatoms. The molecule has 0 saturated heterocycles. The summed E-state index contributed by atoms with van der Waals surface area (Å²) < 4.78 is 6.08. The normalized spacial score (nSPS) is 11.0. The summed E-state index contributed by atoms with van der Waals surface area (Å²) in [6, 6.07) is 1.98. The van der Waals surface area contributed by atoms with Crippen LogP contribution in [0.1, 0.15) is 26.3 Å². The lowest BCUT2D eigenvalue weighted by Crippen LogP contribution is -2.35. The van der Waals surface area contributed by atoms with Crippen LogP contribution in [-0.2, 0) is 4.74 Å². The number of nitrogens with zero attached hydrogens (tertiary/aromatic N) is 1. The highest BCUT2D eigenvalue weighted by atomic mass is 79.9. The van der Waals surface area contributed by atoms with Crippen molar-refractivity contribution in [3.8, 4) is 0 Å². The highest BCUT2D eigenvalue weighted by molar-refractivity contribution is 9.10. The van der Waals surface area contributed by atoms with Gasteiger partial charge in [0.05, 0.1) is 0 Å². The lowest BCUT2D eigenvalue weighted by molar-refractivity contribution is 0.0530. The highest BCUT2D eigenvalue weighted by Gasteiger charge is 2.15. The van der Waals surface area contributed by atoms with Crippen LogP contribution in [0.2, 0.25) is 0 Å². The summed E-state index contributed by atoms with van der Waals surface area (Å²) in [5.41, 5.74) is 0.577. The van der Waals surface area contributed by atoms with E-state index in [-0.39, 0.29) is 0 Å². The Balaban J connectivity index is 2.29. The molecule has 0 aromatic carbocycles. The van der Waals surface area contributed by atoms with Crippen LogP contribution in [0.3, 0.4) is 0 Å². The second kappa shape index (κ2) is 6.75. The second-order valence-corrected chi connectivity index (χ2v) is 6.09. The van der Waals surface area contributed by atoms with Crippen molar-refractivity contribution in [3.05, 3.63) is 22.3 Å². The van der Waals surface area contributed by atoms with E-state index in [9.17, 15) is 4.79 Å². The molecule has 1 aromatic rings. The maximum absolute atomic E-state index is 11.4. The lowest BCUT2D eigenvalue weighted by atomic mass is 10.2. The van der Waals surface area contributed by atoms with Crippen LogP contribution in [0.25, 0.3) is 0 Å². The number of aryl methyl sites for hydroxylation is 1. The van der Waals surface area contributed by atoms with E-state index in [2.05, 4.69) is 31.5 Å². The first-order chi connectivity index (χ1) is 8.78. The van der Waals surface area contributed by atoms with Crippen LogP contribution in [0.15, 0.2) is 16.7 Å². The van der Waals surface area contributed by atoms with Gasteiger partial charge in [0.1, 0.15) is 11.4 Å². The van der Waals surface area contributed by atoms with Crippen LogP contribution in [0, 0.1) is 6.92 Å². The molecule has 1 amide bonds. The first kappa shape index (κ1) is 15.8. The number of aromatic nitrogens is 1. The van der Waals surface area contributed by atoms with Crippen molar-refractivity contribution in [2.75, 3.05) is 18.4 Å². The Hall–Kier alpha value is -1.30. The van der Waals surface area contributed by atoms with Crippen molar-refractivity contribution in [1.29, 1.82) is 0 Å². The summed E-state index contributed by atoms with van der Waals surface area (Å²) in [6.45, 7) is 8.54. The van der Waals surface area contributed by atoms with Crippen molar-refractivity contribution in [1.82, 2.24) is 10.3 Å². The number of carbonyl (C=O) groups is 1. The number of hydrogen-bond donors (Lipinski definition) is 2. The number of nitrogens with one attached hydrogen (secondary N) is 2. The van der Waals surface area contributed by atoms with Crippen molar-refractivity contribution in [2.24, 2.45) is 0 Å². The fraction of sp³-hybridized carbons (Fsp3) is 0.538. The molecule has 2 N–H and O–H groups in total. The summed E-state index contributed by atoms with van der Waals surface area (Å²) in [5, 5.41) is 5.84. The smallest absolute Gasteiger partial charge is 0.407 e. The fourth-order valence-electron chi connectivity index (χ4n) is 1.39. The van der Waals surface area contributed by atoms with E-state index in [1.54, 1.807) is 6.20 Å². The molecular weight excluding hydrogens is 310 g/mol. The van der Waals surface area contributed by atoms with Crippen LogP contribution in [0.5, 0.6) is 0 Å². The van der Waals surface area contributed by atoms with Gasteiger partial charge in [-0.25, -0.2) is 9.78 Å². The number of ether oxygens (including phenoxy) is 1. The topological polar surface area (TPSA) is 63.2 Å². The van der Waals surface area contributed by atoms with E-state index < -0.39 is 11.7 Å². The summed E-state index contributed by atoms with van der Waals surface area (Å²) >= 11 is 3.36. The Morgan fingerprint density at radius 1 is 1.42 bits per heavy atom. The van der Waals surface area contributed by atoms with Gasteiger partial charge in [-0.05, 0) is 55.3 Å². The van der Waals surface area contributed by atoms with Gasteiger partial charge in [0, 0.05) is 23.8 Å². The monoisotopic (exact) mass is 329 g/mol. The van der Waals surface area contributed by atoms with Crippen LogP contribution >= 0.6 is 15.9 Å². The molecule has 0 atom stereocenters. The first-order valence-corrected chi connectivity index (χ1v) is 6.90. The molecule has 0 fully saturated rings. The van der Waals surface area contributed by atoms with Gasteiger partial charge in [-0.2, -0.15) is 0 Å². The number of anilines is 1. The van der Waals surface area contributed by atoms with Gasteiger partial charge in [0.25, 0.3) is 0 Å². The Labute approximate surface area is 122 Å². The van der Waals surface area contributed by atoms with Gasteiger partial charge >= 0.3 is 6.09 Å². The van der Waals surface area contributed by atoms with Gasteiger partial charge in [0.2, 0.25) is 0 Å². The third-order valence-corrected chi connectivity index (χ3v) is 2.56. The molecule has 0 radical (unpaired) electrons. The molecule has 0 bridgehead atoms. The van der Waals surface area contributed by atoms with E-state index >= 15 is 0 Å². The predicted molar refractivity (Wildman–Crippen MR) is 79.4 cm³/mol. The van der Waals surface area contributed by atoms with Crippen LogP contribution in [0.4, 0.5) is 10.6 Å². The zero-order valence-corrected chi connectivity index (χ0v) is 13.3. The minimum atomic E-state index is -0.471. The molecule has 0 saturated carbocycles. The predicted octanol–water partition coefficient (Wildman–Crippen LogP) is 3.09. The summed E-state index contributed by atoms with van der Waals surface area (Å²) in [4.78, 5) is 15.7. The maximum atomic E-state index is 11.4. The number of hydrogen-bond acceptors (Lipinski definition) is 4. The minimum Gasteiger partial charge on any atom is -0.444 e. The average molecular weight is 330 g/mol. The molecule has 0 aliphatic carbocycles. The van der Waals surface area contributed by atoms with Crippen LogP contribution < -0.4 is 10.6 Å². The van der Waals surface area contributed by atoms with Crippen molar-refractivity contribution >= 4 is 27.8 Å². The number of alkyl carbamates (subject to hydrolysis) is 1. The van der Waals surface area contributed by atoms with Gasteiger partial charge in [-0.3, -0.25) is 0 Å². The van der Waals surface area contributed by atoms with E-state index in [0.29, 0.717) is 13.1 Å². The zero-order chi connectivity index (χ0) is 14.5. The van der Waals surface area contributed by atoms with Gasteiger partial charge in [-0.1, -0.05) is 0 Å². The second-order valence-electron chi connectivity index (χ2n) is 5.17. The van der Waals surface area contributed by atoms with Crippen molar-refractivity contribution in [2.45, 2.75) is 33.3 Å². The van der Waals surface area contributed by atoms with E-state index in [1.807, 2.05) is 33.8 Å². The van der Waals surface area contributed by atoms with Crippen molar-refractivity contribution < 1.29 is 9.53 Å². The standard InChI is InChI=1S/C13H20BrN3O2/c1-9-7-10(14)8-17-11(9)15-5-6-16-12(18)19-13(2,3)4/h7-8H,5-6H2,1-4H3,(H,15,17)(H,16,18). The number of rotatable bonds is 4. The molecule has 0 spiro atoms. The third kappa shape index (κ3) is 6.42. The molecule has 5 nitrogen and oxygen atoms in total. The maximum Gasteiger partial charge on any atom is 0.407 e. The highest BCUT2D eigenvalue weighted by Crippen LogP contribution is 2.16. The number of halogens is 1. The molecule has 1 aromatic heterocycles. The van der Waals surface area contributed by atoms with E-state index in [4.69, 9.17) is 4.74 Å². The number of amides is 1. The Morgan fingerprint density at radius 2 is 2.11 bits per heavy atom. The van der Waals surface area contributed by atoms with Gasteiger partial charge in [0.15, 0.2) is 0 Å². The minimum absolute atomic E-state index is 0.408. The Bertz CT molecular complexity index is 444. The molecular formula is C13H20BrN3O2. The summed E-state index contributed by atoms with van der Waals surface area (Å²) in [6.07, 6.45) is 1.33. The molecule has 106 valence electrons. The lowest BCUT2D eigenvalue weighted by Gasteiger charge is -2.19. The quantitative estimate of drug-likeness (QED) is 0.833. The molecule has 19 heavy (non-hydrogen) atoms. The fourth-order valence-corrected chi connectivity index (χ4v) is 1.83. The third-order valence-electron chi connectivity index (χ3n) is 2.13. The zero-order valence-electron chi connectivity index (χ0n) is 11.7. The summed E-state index contributed by atoms with van der Waals surface area (Å²) in [7, 11) is 0. The van der Waals surface area contributed by atoms with Crippen LogP contribution in [-0.4, -0.2) is 29.8 Å². The molecule has 0 aliphatic heterocycles. The number of pyridine rings is 1. The van der Waals surface area contributed by atoms with Crippen molar-refractivity contribution in [3.63, 3.8) is 0 Å². The SMILES string of the molecule is Cc1cc(Br)cnc1NCCNC(=O)OC(C)(C)C. The van der Waals surface area contributed by atoms with E-state index in [1.165, 1.54) is 0 Å². The molecule has 1 heterocycles. The largest absolute Gasteiger partial charge is 0.444 e. The molecule has 0 unspecified atom stereocenters. The summed E-state index contributed by atoms with van der Waals surface area (Å²) in [5.74, 6) is 0.814. The van der Waals surface area contributed by atoms with E-state index in [0.717, 1.165) is 15.9 Å². The Morgan fingerprint density at radius 3 is 2.68 bits per heavy atom. The Kier molecular flexibility index (Phi) is 5.60. The van der Waals surface area contributed by atoms with Gasteiger partial charge in [-0.15, -0.1) is 0 Å².